The second-order valence-corrected chi connectivity index (χ2v) is 6.45. The summed E-state index contributed by atoms with van der Waals surface area (Å²) in [7, 11) is 0. The number of carboxylic acid groups (broad SMARTS) is 1. The summed E-state index contributed by atoms with van der Waals surface area (Å²) in [5.74, 6) is -2.26. The Morgan fingerprint density at radius 2 is 1.79 bits per heavy atom. The van der Waals surface area contributed by atoms with E-state index in [-0.39, 0.29) is 53.3 Å². The smallest absolute Gasteiger partial charge is 0.550 e. The molecule has 0 atom stereocenters. The van der Waals surface area contributed by atoms with Gasteiger partial charge in [-0.1, -0.05) is 6.07 Å². The van der Waals surface area contributed by atoms with E-state index in [4.69, 9.17) is 0 Å². The minimum atomic E-state index is -1.09. The summed E-state index contributed by atoms with van der Waals surface area (Å²) in [4.78, 5) is 34.9. The Morgan fingerprint density at radius 3 is 2.38 bits per heavy atom. The van der Waals surface area contributed by atoms with E-state index in [9.17, 15) is 19.5 Å². The van der Waals surface area contributed by atoms with E-state index >= 15 is 0 Å². The summed E-state index contributed by atoms with van der Waals surface area (Å²) in [6.07, 6.45) is 2.66. The van der Waals surface area contributed by atoms with Gasteiger partial charge in [-0.25, -0.2) is 0 Å². The Balaban J connectivity index is 0.00000208. The largest absolute Gasteiger partial charge is 1.00 e. The molecule has 0 aromatic heterocycles. The van der Waals surface area contributed by atoms with Crippen molar-refractivity contribution in [3.8, 4) is 0 Å². The van der Waals surface area contributed by atoms with E-state index in [2.05, 4.69) is 10.6 Å². The van der Waals surface area contributed by atoms with Gasteiger partial charge < -0.3 is 20.5 Å². The SMILES string of the molecule is Cc1ccc(C(=O)NC2CC2)cc1NC(=O)C1CC(C(=O)[O-])C1.[Na+]. The Kier molecular flexibility index (Phi) is 6.06. The zero-order chi connectivity index (χ0) is 16.6. The number of anilines is 1. The average molecular weight is 338 g/mol. The molecule has 0 heterocycles. The molecule has 7 heteroatoms. The van der Waals surface area contributed by atoms with Gasteiger partial charge in [0.2, 0.25) is 5.91 Å². The monoisotopic (exact) mass is 338 g/mol. The van der Waals surface area contributed by atoms with Crippen molar-refractivity contribution in [2.24, 2.45) is 11.8 Å². The summed E-state index contributed by atoms with van der Waals surface area (Å²) in [5.41, 5.74) is 1.96. The van der Waals surface area contributed by atoms with Crippen LogP contribution in [0.15, 0.2) is 18.2 Å². The molecule has 24 heavy (non-hydrogen) atoms. The van der Waals surface area contributed by atoms with Crippen LogP contribution in [0.1, 0.15) is 41.6 Å². The summed E-state index contributed by atoms with van der Waals surface area (Å²) >= 11 is 0. The molecule has 0 aliphatic heterocycles. The third-order valence-electron chi connectivity index (χ3n) is 4.51. The number of amides is 2. The topological polar surface area (TPSA) is 98.3 Å². The van der Waals surface area contributed by atoms with Gasteiger partial charge in [0.1, 0.15) is 0 Å². The van der Waals surface area contributed by atoms with Gasteiger partial charge in [-0.3, -0.25) is 9.59 Å². The zero-order valence-electron chi connectivity index (χ0n) is 13.9. The van der Waals surface area contributed by atoms with Crippen LogP contribution in [0.3, 0.4) is 0 Å². The Labute approximate surface area is 162 Å². The molecular weight excluding hydrogens is 319 g/mol. The van der Waals surface area contributed by atoms with E-state index in [1.165, 1.54) is 0 Å². The quantitative estimate of drug-likeness (QED) is 0.585. The van der Waals surface area contributed by atoms with Gasteiger partial charge in [-0.05, 0) is 50.3 Å². The number of carbonyl (C=O) groups is 3. The summed E-state index contributed by atoms with van der Waals surface area (Å²) in [6, 6.07) is 5.47. The molecule has 2 saturated carbocycles. The molecule has 0 saturated heterocycles. The van der Waals surface area contributed by atoms with Crippen molar-refractivity contribution >= 4 is 23.5 Å². The van der Waals surface area contributed by atoms with Crippen LogP contribution in [-0.2, 0) is 9.59 Å². The Hall–Kier alpha value is -1.37. The number of aliphatic carboxylic acids is 1. The molecule has 2 fully saturated rings. The van der Waals surface area contributed by atoms with E-state index in [1.807, 2.05) is 6.92 Å². The molecule has 0 unspecified atom stereocenters. The number of carbonyl (C=O) groups excluding carboxylic acids is 3. The molecule has 0 radical (unpaired) electrons. The average Bonchev–Trinajstić information content (AvgIpc) is 3.22. The minimum absolute atomic E-state index is 0. The van der Waals surface area contributed by atoms with E-state index in [0.29, 0.717) is 24.1 Å². The maximum Gasteiger partial charge on any atom is 1.00 e. The second kappa shape index (κ2) is 7.68. The minimum Gasteiger partial charge on any atom is -0.550 e. The number of nitrogens with one attached hydrogen (secondary N) is 2. The summed E-state index contributed by atoms with van der Waals surface area (Å²) in [5, 5.41) is 16.4. The van der Waals surface area contributed by atoms with Crippen LogP contribution >= 0.6 is 0 Å². The first-order chi connectivity index (χ1) is 10.9. The number of carboxylic acids is 1. The van der Waals surface area contributed by atoms with Crippen molar-refractivity contribution in [3.05, 3.63) is 29.3 Å². The fraction of sp³-hybridized carbons (Fsp3) is 0.471. The molecule has 0 spiro atoms. The second-order valence-electron chi connectivity index (χ2n) is 6.45. The fourth-order valence-electron chi connectivity index (χ4n) is 2.65. The standard InChI is InChI=1S/C17H20N2O4.Na/c1-9-2-3-10(15(20)18-13-4-5-13)8-14(9)19-16(21)11-6-12(7-11)17(22)23;/h2-3,8,11-13H,4-7H2,1H3,(H,18,20)(H,19,21)(H,22,23);/q;+1/p-1. The first-order valence-electron chi connectivity index (χ1n) is 7.87. The molecule has 6 nitrogen and oxygen atoms in total. The molecule has 2 N–H and O–H groups in total. The van der Waals surface area contributed by atoms with Gasteiger partial charge in [0.05, 0.1) is 0 Å². The van der Waals surface area contributed by atoms with E-state index < -0.39 is 11.9 Å². The predicted octanol–water partition coefficient (Wildman–Crippen LogP) is -2.39. The molecule has 122 valence electrons. The van der Waals surface area contributed by atoms with Gasteiger partial charge in [-0.2, -0.15) is 0 Å². The summed E-state index contributed by atoms with van der Waals surface area (Å²) < 4.78 is 0. The number of hydrogen-bond acceptors (Lipinski definition) is 4. The molecule has 2 aliphatic rings. The molecule has 1 aromatic carbocycles. The third kappa shape index (κ3) is 4.37. The maximum absolute atomic E-state index is 12.2. The van der Waals surface area contributed by atoms with Gasteiger partial charge >= 0.3 is 29.6 Å². The van der Waals surface area contributed by atoms with E-state index in [0.717, 1.165) is 18.4 Å². The molecular formula is C17H19N2NaO4. The Bertz CT molecular complexity index is 667. The van der Waals surface area contributed by atoms with Crippen LogP contribution in [-0.4, -0.2) is 23.8 Å². The first-order valence-corrected chi connectivity index (χ1v) is 7.87. The molecule has 1 aromatic rings. The van der Waals surface area contributed by atoms with Crippen molar-refractivity contribution in [2.45, 2.75) is 38.6 Å². The summed E-state index contributed by atoms with van der Waals surface area (Å²) in [6.45, 7) is 1.85. The van der Waals surface area contributed by atoms with Gasteiger partial charge in [0, 0.05) is 35.1 Å². The van der Waals surface area contributed by atoms with Crippen molar-refractivity contribution in [2.75, 3.05) is 5.32 Å². The Morgan fingerprint density at radius 1 is 1.12 bits per heavy atom. The molecule has 2 aliphatic carbocycles. The van der Waals surface area contributed by atoms with Gasteiger partial charge in [0.15, 0.2) is 0 Å². The fourth-order valence-corrected chi connectivity index (χ4v) is 2.65. The van der Waals surface area contributed by atoms with Gasteiger partial charge in [0.25, 0.3) is 5.91 Å². The molecule has 0 bridgehead atoms. The van der Waals surface area contributed by atoms with Crippen LogP contribution in [0.4, 0.5) is 5.69 Å². The van der Waals surface area contributed by atoms with Crippen LogP contribution in [0.25, 0.3) is 0 Å². The van der Waals surface area contributed by atoms with Crippen LogP contribution < -0.4 is 45.3 Å². The molecule has 2 amide bonds. The maximum atomic E-state index is 12.2. The van der Waals surface area contributed by atoms with Crippen LogP contribution in [0.2, 0.25) is 0 Å². The van der Waals surface area contributed by atoms with Crippen molar-refractivity contribution in [3.63, 3.8) is 0 Å². The number of rotatable bonds is 5. The number of aryl methyl sites for hydroxylation is 1. The van der Waals surface area contributed by atoms with Crippen LogP contribution in [0, 0.1) is 18.8 Å². The van der Waals surface area contributed by atoms with Crippen molar-refractivity contribution in [1.82, 2.24) is 5.32 Å². The van der Waals surface area contributed by atoms with Crippen LogP contribution in [0.5, 0.6) is 0 Å². The normalized spacial score (nSPS) is 21.9. The zero-order valence-corrected chi connectivity index (χ0v) is 15.9. The predicted molar refractivity (Wildman–Crippen MR) is 81.5 cm³/mol. The van der Waals surface area contributed by atoms with Crippen molar-refractivity contribution in [1.29, 1.82) is 0 Å². The third-order valence-corrected chi connectivity index (χ3v) is 4.51. The van der Waals surface area contributed by atoms with Gasteiger partial charge in [-0.15, -0.1) is 0 Å². The van der Waals surface area contributed by atoms with Crippen molar-refractivity contribution < 1.29 is 49.0 Å². The first kappa shape index (κ1) is 19.0. The molecule has 3 rings (SSSR count). The number of benzene rings is 1. The van der Waals surface area contributed by atoms with E-state index in [1.54, 1.807) is 18.2 Å². The number of hydrogen-bond donors (Lipinski definition) is 2.